The maximum absolute atomic E-state index is 12.4. The Kier molecular flexibility index (Phi) is 6.31. The van der Waals surface area contributed by atoms with E-state index in [2.05, 4.69) is 5.32 Å². The lowest BCUT2D eigenvalue weighted by molar-refractivity contribution is -0.306. The molecule has 10 nitrogen and oxygen atoms in total. The molecular weight excluding hydrogens is 420 g/mol. The van der Waals surface area contributed by atoms with Crippen molar-refractivity contribution in [2.45, 2.75) is 31.1 Å². The molecule has 2 aliphatic heterocycles. The number of carbonyl (C=O) groups is 4. The summed E-state index contributed by atoms with van der Waals surface area (Å²) in [6.07, 6.45) is -1.91. The lowest BCUT2D eigenvalue weighted by atomic mass is 9.96. The standard InChI is InChI=1S/C22H20N2O8/c25-19-17(23-22(28)29-12-14-7-3-1-4-8-14)13-30-24(19)32-21(27)18-11-16(20(26)31-18)15-9-5-2-6-10-15/h1-10,16-18H,11-13H2,(H,23,28)/t16?,17-,18?/m0/s1. The predicted molar refractivity (Wildman–Crippen MR) is 106 cm³/mol. The Morgan fingerprint density at radius 1 is 1.03 bits per heavy atom. The second kappa shape index (κ2) is 9.48. The van der Waals surface area contributed by atoms with Gasteiger partial charge < -0.3 is 19.6 Å². The highest BCUT2D eigenvalue weighted by molar-refractivity contribution is 5.89. The molecule has 0 spiro atoms. The van der Waals surface area contributed by atoms with Crippen molar-refractivity contribution in [1.82, 2.24) is 10.5 Å². The Bertz CT molecular complexity index is 998. The van der Waals surface area contributed by atoms with Gasteiger partial charge in [0.05, 0.1) is 5.92 Å². The zero-order valence-corrected chi connectivity index (χ0v) is 16.8. The predicted octanol–water partition coefficient (Wildman–Crippen LogP) is 1.61. The van der Waals surface area contributed by atoms with Crippen LogP contribution in [0.4, 0.5) is 4.79 Å². The fraction of sp³-hybridized carbons (Fsp3) is 0.273. The molecule has 2 aromatic carbocycles. The minimum absolute atomic E-state index is 0.0305. The van der Waals surface area contributed by atoms with E-state index in [0.29, 0.717) is 5.23 Å². The summed E-state index contributed by atoms with van der Waals surface area (Å²) in [6.45, 7) is -0.216. The molecule has 2 heterocycles. The first kappa shape index (κ1) is 21.3. The van der Waals surface area contributed by atoms with Crippen molar-refractivity contribution < 1.29 is 38.3 Å². The van der Waals surface area contributed by atoms with E-state index < -0.39 is 42.0 Å². The van der Waals surface area contributed by atoms with E-state index in [1.165, 1.54) is 0 Å². The number of amides is 2. The highest BCUT2D eigenvalue weighted by Crippen LogP contribution is 2.31. The number of esters is 1. The normalized spacial score (nSPS) is 22.4. The van der Waals surface area contributed by atoms with Crippen LogP contribution < -0.4 is 5.32 Å². The Balaban J connectivity index is 1.25. The molecule has 2 fully saturated rings. The zero-order valence-electron chi connectivity index (χ0n) is 16.8. The molecule has 0 aromatic heterocycles. The van der Waals surface area contributed by atoms with Crippen LogP contribution in [-0.4, -0.2) is 47.9 Å². The second-order valence-corrected chi connectivity index (χ2v) is 7.18. The number of benzene rings is 2. The van der Waals surface area contributed by atoms with E-state index in [9.17, 15) is 19.2 Å². The second-order valence-electron chi connectivity index (χ2n) is 7.18. The smallest absolute Gasteiger partial charge is 0.408 e. The highest BCUT2D eigenvalue weighted by Gasteiger charge is 2.44. The summed E-state index contributed by atoms with van der Waals surface area (Å²) in [5.74, 6) is -2.89. The highest BCUT2D eigenvalue weighted by atomic mass is 17.0. The molecule has 2 saturated heterocycles. The molecule has 10 heteroatoms. The van der Waals surface area contributed by atoms with Gasteiger partial charge in [-0.2, -0.15) is 0 Å². The van der Waals surface area contributed by atoms with E-state index >= 15 is 0 Å². The van der Waals surface area contributed by atoms with E-state index in [4.69, 9.17) is 19.1 Å². The Labute approximate surface area is 182 Å². The summed E-state index contributed by atoms with van der Waals surface area (Å²) in [5, 5.41) is 2.74. The van der Waals surface area contributed by atoms with Crippen LogP contribution in [0, 0.1) is 0 Å². The van der Waals surface area contributed by atoms with Gasteiger partial charge in [0, 0.05) is 6.42 Å². The number of hydroxylamine groups is 2. The number of carbonyl (C=O) groups excluding carboxylic acids is 4. The molecule has 2 aliphatic rings. The van der Waals surface area contributed by atoms with Crippen LogP contribution in [0.2, 0.25) is 0 Å². The number of cyclic esters (lactones) is 1. The van der Waals surface area contributed by atoms with Crippen molar-refractivity contribution in [3.63, 3.8) is 0 Å². The van der Waals surface area contributed by atoms with Gasteiger partial charge in [-0.3, -0.25) is 9.59 Å². The SMILES string of the molecule is O=C(N[C@H]1CON(OC(=O)C2CC(c3ccccc3)C(=O)O2)C1=O)OCc1ccccc1. The van der Waals surface area contributed by atoms with Gasteiger partial charge in [-0.1, -0.05) is 60.7 Å². The van der Waals surface area contributed by atoms with Gasteiger partial charge in [-0.15, -0.1) is 0 Å². The lowest BCUT2D eigenvalue weighted by Crippen LogP contribution is -2.43. The van der Waals surface area contributed by atoms with Gasteiger partial charge in [0.25, 0.3) is 0 Å². The van der Waals surface area contributed by atoms with Crippen molar-refractivity contribution in [1.29, 1.82) is 0 Å². The maximum atomic E-state index is 12.4. The summed E-state index contributed by atoms with van der Waals surface area (Å²) in [5.41, 5.74) is 1.51. The van der Waals surface area contributed by atoms with Gasteiger partial charge in [0.1, 0.15) is 19.3 Å². The van der Waals surface area contributed by atoms with Crippen molar-refractivity contribution >= 4 is 23.9 Å². The van der Waals surface area contributed by atoms with Crippen LogP contribution in [0.25, 0.3) is 0 Å². The Hall–Kier alpha value is -3.92. The van der Waals surface area contributed by atoms with Crippen molar-refractivity contribution in [3.8, 4) is 0 Å². The lowest BCUT2D eigenvalue weighted by Gasteiger charge is -2.15. The molecule has 0 saturated carbocycles. The van der Waals surface area contributed by atoms with E-state index in [1.807, 2.05) is 12.1 Å². The molecule has 0 bridgehead atoms. The summed E-state index contributed by atoms with van der Waals surface area (Å²) in [6, 6.07) is 16.8. The molecule has 0 radical (unpaired) electrons. The summed E-state index contributed by atoms with van der Waals surface area (Å²) < 4.78 is 10.2. The van der Waals surface area contributed by atoms with Crippen molar-refractivity contribution in [3.05, 3.63) is 71.8 Å². The molecule has 0 aliphatic carbocycles. The number of alkyl carbamates (subject to hydrolysis) is 1. The van der Waals surface area contributed by atoms with Gasteiger partial charge in [0.15, 0.2) is 0 Å². The summed E-state index contributed by atoms with van der Waals surface area (Å²) in [4.78, 5) is 58.8. The topological polar surface area (TPSA) is 120 Å². The average Bonchev–Trinajstić information content (AvgIpc) is 3.37. The first-order valence-electron chi connectivity index (χ1n) is 9.92. The van der Waals surface area contributed by atoms with Gasteiger partial charge in [-0.25, -0.2) is 14.4 Å². The first-order chi connectivity index (χ1) is 15.5. The molecule has 32 heavy (non-hydrogen) atoms. The maximum Gasteiger partial charge on any atom is 0.408 e. The Morgan fingerprint density at radius 2 is 1.72 bits per heavy atom. The number of ether oxygens (including phenoxy) is 2. The van der Waals surface area contributed by atoms with E-state index in [1.54, 1.807) is 48.5 Å². The first-order valence-corrected chi connectivity index (χ1v) is 9.92. The number of nitrogens with one attached hydrogen (secondary N) is 1. The molecular formula is C22H20N2O8. The molecule has 2 amide bonds. The number of hydrogen-bond acceptors (Lipinski definition) is 8. The monoisotopic (exact) mass is 440 g/mol. The van der Waals surface area contributed by atoms with E-state index in [0.717, 1.165) is 11.1 Å². The number of nitrogens with zero attached hydrogens (tertiary/aromatic N) is 1. The van der Waals surface area contributed by atoms with Crippen molar-refractivity contribution in [2.75, 3.05) is 6.61 Å². The van der Waals surface area contributed by atoms with Crippen LogP contribution in [0.15, 0.2) is 60.7 Å². The minimum atomic E-state index is -1.17. The van der Waals surface area contributed by atoms with Gasteiger partial charge in [0.2, 0.25) is 6.10 Å². The van der Waals surface area contributed by atoms with Crippen LogP contribution in [-0.2, 0) is 40.1 Å². The molecule has 1 N–H and O–H groups in total. The van der Waals surface area contributed by atoms with Crippen LogP contribution in [0.5, 0.6) is 0 Å². The van der Waals surface area contributed by atoms with Gasteiger partial charge >= 0.3 is 23.9 Å². The molecule has 2 unspecified atom stereocenters. The third kappa shape index (κ3) is 4.86. The van der Waals surface area contributed by atoms with Crippen LogP contribution >= 0.6 is 0 Å². The van der Waals surface area contributed by atoms with E-state index in [-0.39, 0.29) is 19.6 Å². The number of rotatable bonds is 6. The molecule has 166 valence electrons. The minimum Gasteiger partial charge on any atom is -0.450 e. The molecule has 4 rings (SSSR count). The van der Waals surface area contributed by atoms with Crippen molar-refractivity contribution in [2.24, 2.45) is 0 Å². The number of hydrogen-bond donors (Lipinski definition) is 1. The third-order valence-corrected chi connectivity index (χ3v) is 4.97. The largest absolute Gasteiger partial charge is 0.450 e. The van der Waals surface area contributed by atoms with Gasteiger partial charge in [-0.05, 0) is 16.4 Å². The summed E-state index contributed by atoms with van der Waals surface area (Å²) in [7, 11) is 0. The quantitative estimate of drug-likeness (QED) is 0.673. The Morgan fingerprint density at radius 3 is 2.44 bits per heavy atom. The fourth-order valence-electron chi connectivity index (χ4n) is 3.31. The summed E-state index contributed by atoms with van der Waals surface area (Å²) >= 11 is 0. The van der Waals surface area contributed by atoms with Crippen LogP contribution in [0.3, 0.4) is 0 Å². The average molecular weight is 440 g/mol. The van der Waals surface area contributed by atoms with Crippen LogP contribution in [0.1, 0.15) is 23.5 Å². The molecule has 3 atom stereocenters. The zero-order chi connectivity index (χ0) is 22.5. The molecule has 2 aromatic rings. The third-order valence-electron chi connectivity index (χ3n) is 4.97. The fourth-order valence-corrected chi connectivity index (χ4v) is 3.31.